The summed E-state index contributed by atoms with van der Waals surface area (Å²) >= 11 is 0. The maximum Gasteiger partial charge on any atom is 0.406 e. The molecule has 2 amide bonds. The molecule has 9 heteroatoms. The summed E-state index contributed by atoms with van der Waals surface area (Å²) in [6.07, 6.45) is -4.39. The average Bonchev–Trinajstić information content (AvgIpc) is 2.78. The van der Waals surface area contributed by atoms with E-state index >= 15 is 0 Å². The number of likely N-dealkylation sites (tertiary alicyclic amines) is 1. The van der Waals surface area contributed by atoms with E-state index in [1.807, 2.05) is 0 Å². The van der Waals surface area contributed by atoms with E-state index in [1.54, 1.807) is 0 Å². The zero-order valence-corrected chi connectivity index (χ0v) is 11.8. The van der Waals surface area contributed by atoms with Crippen molar-refractivity contribution < 1.29 is 32.7 Å². The van der Waals surface area contributed by atoms with Crippen molar-refractivity contribution in [2.75, 3.05) is 13.1 Å². The summed E-state index contributed by atoms with van der Waals surface area (Å²) in [6.45, 7) is -1.42. The zero-order chi connectivity index (χ0) is 17.2. The van der Waals surface area contributed by atoms with Gasteiger partial charge in [0.05, 0.1) is 5.56 Å². The normalized spacial score (nSPS) is 18.1. The first-order valence-corrected chi connectivity index (χ1v) is 6.67. The van der Waals surface area contributed by atoms with Crippen molar-refractivity contribution in [2.45, 2.75) is 18.6 Å². The molecule has 1 atom stereocenters. The number of benzene rings is 1. The lowest BCUT2D eigenvalue weighted by atomic mass is 10.1. The van der Waals surface area contributed by atoms with Crippen LogP contribution in [-0.4, -0.2) is 53.1 Å². The van der Waals surface area contributed by atoms with Crippen molar-refractivity contribution in [3.63, 3.8) is 0 Å². The van der Waals surface area contributed by atoms with Crippen molar-refractivity contribution in [1.29, 1.82) is 0 Å². The number of carboxylic acids is 1. The largest absolute Gasteiger partial charge is 0.478 e. The van der Waals surface area contributed by atoms with E-state index in [2.05, 4.69) is 5.32 Å². The highest BCUT2D eigenvalue weighted by Gasteiger charge is 2.39. The minimum atomic E-state index is -4.48. The van der Waals surface area contributed by atoms with Crippen LogP contribution in [0.15, 0.2) is 24.3 Å². The summed E-state index contributed by atoms with van der Waals surface area (Å²) in [6, 6.07) is 3.98. The number of rotatable bonds is 4. The molecule has 0 aliphatic carbocycles. The molecule has 1 aromatic rings. The lowest BCUT2D eigenvalue weighted by molar-refractivity contribution is -0.157. The van der Waals surface area contributed by atoms with Gasteiger partial charge in [0, 0.05) is 12.1 Å². The van der Waals surface area contributed by atoms with Gasteiger partial charge in [-0.2, -0.15) is 13.2 Å². The lowest BCUT2D eigenvalue weighted by Crippen LogP contribution is -2.43. The fourth-order valence-electron chi connectivity index (χ4n) is 2.25. The third-order valence-corrected chi connectivity index (χ3v) is 3.37. The van der Waals surface area contributed by atoms with Gasteiger partial charge in [-0.3, -0.25) is 9.59 Å². The molecule has 2 rings (SSSR count). The molecule has 0 aromatic heterocycles. The molecule has 1 aliphatic rings. The van der Waals surface area contributed by atoms with Gasteiger partial charge < -0.3 is 15.3 Å². The number of nitrogens with one attached hydrogen (secondary N) is 1. The smallest absolute Gasteiger partial charge is 0.406 e. The van der Waals surface area contributed by atoms with Crippen molar-refractivity contribution in [3.8, 4) is 0 Å². The first-order valence-electron chi connectivity index (χ1n) is 6.67. The second kappa shape index (κ2) is 6.27. The van der Waals surface area contributed by atoms with Crippen LogP contribution in [0.25, 0.3) is 0 Å². The Morgan fingerprint density at radius 1 is 1.22 bits per heavy atom. The van der Waals surface area contributed by atoms with Gasteiger partial charge in [-0.15, -0.1) is 0 Å². The number of nitrogens with zero attached hydrogens (tertiary/aromatic N) is 1. The predicted molar refractivity (Wildman–Crippen MR) is 71.9 cm³/mol. The van der Waals surface area contributed by atoms with Crippen LogP contribution in [0.1, 0.15) is 27.1 Å². The Morgan fingerprint density at radius 2 is 1.78 bits per heavy atom. The summed E-state index contributed by atoms with van der Waals surface area (Å²) in [5.41, 5.74) is 0.118. The van der Waals surface area contributed by atoms with Crippen LogP contribution in [0.2, 0.25) is 0 Å². The van der Waals surface area contributed by atoms with Crippen LogP contribution in [0, 0.1) is 0 Å². The van der Waals surface area contributed by atoms with Crippen molar-refractivity contribution in [1.82, 2.24) is 10.2 Å². The molecule has 1 heterocycles. The van der Waals surface area contributed by atoms with E-state index in [1.165, 1.54) is 24.3 Å². The van der Waals surface area contributed by atoms with Crippen molar-refractivity contribution in [3.05, 3.63) is 35.4 Å². The summed E-state index contributed by atoms with van der Waals surface area (Å²) < 4.78 is 36.9. The van der Waals surface area contributed by atoms with Crippen LogP contribution in [0.3, 0.4) is 0 Å². The number of hydrogen-bond acceptors (Lipinski definition) is 3. The Kier molecular flexibility index (Phi) is 4.57. The molecule has 1 aromatic carbocycles. The highest BCUT2D eigenvalue weighted by atomic mass is 19.4. The van der Waals surface area contributed by atoms with Crippen molar-refractivity contribution in [2.24, 2.45) is 0 Å². The number of halogens is 3. The number of amides is 2. The fraction of sp³-hybridized carbons (Fsp3) is 0.357. The molecule has 0 unspecified atom stereocenters. The molecular weight excluding hydrogens is 317 g/mol. The van der Waals surface area contributed by atoms with Gasteiger partial charge in [-0.25, -0.2) is 4.79 Å². The molecule has 0 radical (unpaired) electrons. The Bertz CT molecular complexity index is 628. The number of carbonyl (C=O) groups is 3. The monoisotopic (exact) mass is 330 g/mol. The summed E-state index contributed by atoms with van der Waals surface area (Å²) in [5.74, 6) is -2.57. The molecule has 2 N–H and O–H groups in total. The SMILES string of the molecule is O=C(O)c1ccc(C(=O)N[C@@H]2CCN(CC(F)(F)F)C2=O)cc1. The van der Waals surface area contributed by atoms with Gasteiger partial charge in [0.15, 0.2) is 0 Å². The van der Waals surface area contributed by atoms with Gasteiger partial charge in [-0.05, 0) is 30.7 Å². The van der Waals surface area contributed by atoms with E-state index in [9.17, 15) is 27.6 Å². The first kappa shape index (κ1) is 16.8. The van der Waals surface area contributed by atoms with E-state index < -0.39 is 36.5 Å². The lowest BCUT2D eigenvalue weighted by Gasteiger charge is -2.18. The quantitative estimate of drug-likeness (QED) is 0.871. The van der Waals surface area contributed by atoms with Crippen LogP contribution in [0.4, 0.5) is 13.2 Å². The maximum atomic E-state index is 12.3. The van der Waals surface area contributed by atoms with E-state index in [0.29, 0.717) is 4.90 Å². The highest BCUT2D eigenvalue weighted by molar-refractivity contribution is 5.99. The fourth-order valence-corrected chi connectivity index (χ4v) is 2.25. The Labute approximate surface area is 128 Å². The molecule has 124 valence electrons. The number of alkyl halides is 3. The zero-order valence-electron chi connectivity index (χ0n) is 11.8. The second-order valence-electron chi connectivity index (χ2n) is 5.07. The number of hydrogen-bond donors (Lipinski definition) is 2. The average molecular weight is 330 g/mol. The second-order valence-corrected chi connectivity index (χ2v) is 5.07. The third-order valence-electron chi connectivity index (χ3n) is 3.37. The number of carboxylic acid groups (broad SMARTS) is 1. The predicted octanol–water partition coefficient (Wildman–Crippen LogP) is 1.28. The minimum Gasteiger partial charge on any atom is -0.478 e. The van der Waals surface area contributed by atoms with Gasteiger partial charge in [-0.1, -0.05) is 0 Å². The van der Waals surface area contributed by atoms with Crippen LogP contribution in [-0.2, 0) is 4.79 Å². The molecule has 0 saturated carbocycles. The molecule has 1 saturated heterocycles. The van der Waals surface area contributed by atoms with Gasteiger partial charge in [0.2, 0.25) is 5.91 Å². The topological polar surface area (TPSA) is 86.7 Å². The third kappa shape index (κ3) is 4.21. The van der Waals surface area contributed by atoms with Crippen molar-refractivity contribution >= 4 is 17.8 Å². The Balaban J connectivity index is 1.98. The molecule has 0 spiro atoms. The van der Waals surface area contributed by atoms with E-state index in [0.717, 1.165) is 0 Å². The Hall–Kier alpha value is -2.58. The first-order chi connectivity index (χ1) is 10.7. The molecular formula is C14H13F3N2O4. The number of aromatic carboxylic acids is 1. The van der Waals surface area contributed by atoms with E-state index in [4.69, 9.17) is 5.11 Å². The number of carbonyl (C=O) groups excluding carboxylic acids is 2. The summed E-state index contributed by atoms with van der Waals surface area (Å²) in [7, 11) is 0. The van der Waals surface area contributed by atoms with Crippen LogP contribution >= 0.6 is 0 Å². The standard InChI is InChI=1S/C14H13F3N2O4/c15-14(16,17)7-19-6-5-10(12(19)21)18-11(20)8-1-3-9(4-2-8)13(22)23/h1-4,10H,5-7H2,(H,18,20)(H,22,23)/t10-/m1/s1. The molecule has 6 nitrogen and oxygen atoms in total. The molecule has 23 heavy (non-hydrogen) atoms. The maximum absolute atomic E-state index is 12.3. The van der Waals surface area contributed by atoms with Crippen LogP contribution in [0.5, 0.6) is 0 Å². The summed E-state index contributed by atoms with van der Waals surface area (Å²) in [5, 5.41) is 11.1. The Morgan fingerprint density at radius 3 is 2.30 bits per heavy atom. The van der Waals surface area contributed by atoms with Gasteiger partial charge >= 0.3 is 12.1 Å². The van der Waals surface area contributed by atoms with E-state index in [-0.39, 0.29) is 24.1 Å². The molecule has 1 fully saturated rings. The molecule has 1 aliphatic heterocycles. The summed E-state index contributed by atoms with van der Waals surface area (Å²) in [4.78, 5) is 35.2. The molecule has 0 bridgehead atoms. The highest BCUT2D eigenvalue weighted by Crippen LogP contribution is 2.21. The van der Waals surface area contributed by atoms with Crippen LogP contribution < -0.4 is 5.32 Å². The van der Waals surface area contributed by atoms with Gasteiger partial charge in [0.1, 0.15) is 12.6 Å². The van der Waals surface area contributed by atoms with Gasteiger partial charge in [0.25, 0.3) is 5.91 Å². The minimum absolute atomic E-state index is 0.00477.